The third-order valence-electron chi connectivity index (χ3n) is 2.87. The Morgan fingerprint density at radius 2 is 2.00 bits per heavy atom. The number of hydrogen-bond donors (Lipinski definition) is 2. The van der Waals surface area contributed by atoms with E-state index in [4.69, 9.17) is 5.73 Å². The monoisotopic (exact) mass is 238 g/mol. The maximum absolute atomic E-state index is 12.7. The summed E-state index contributed by atoms with van der Waals surface area (Å²) >= 11 is 0. The average Bonchev–Trinajstić information content (AvgIpc) is 2.31. The molecule has 0 spiro atoms. The fraction of sp³-hybridized carbons (Fsp3) is 0.462. The van der Waals surface area contributed by atoms with Crippen molar-refractivity contribution in [2.24, 2.45) is 5.73 Å². The van der Waals surface area contributed by atoms with E-state index in [2.05, 4.69) is 5.32 Å². The van der Waals surface area contributed by atoms with Gasteiger partial charge in [-0.05, 0) is 37.5 Å². The molecule has 0 radical (unpaired) electrons. The number of rotatable bonds is 5. The van der Waals surface area contributed by atoms with E-state index in [0.29, 0.717) is 19.4 Å². The van der Waals surface area contributed by atoms with Gasteiger partial charge in [-0.2, -0.15) is 0 Å². The van der Waals surface area contributed by atoms with Gasteiger partial charge < -0.3 is 11.1 Å². The molecule has 0 aliphatic rings. The standard InChI is InChI=1S/C13H19FN2O/c1-3-13(2,15)12(17)16-9-8-10-4-6-11(14)7-5-10/h4-7H,3,8-9,15H2,1-2H3,(H,16,17). The summed E-state index contributed by atoms with van der Waals surface area (Å²) in [4.78, 5) is 11.6. The fourth-order valence-electron chi connectivity index (χ4n) is 1.33. The Morgan fingerprint density at radius 3 is 2.53 bits per heavy atom. The van der Waals surface area contributed by atoms with Gasteiger partial charge in [0.25, 0.3) is 0 Å². The minimum Gasteiger partial charge on any atom is -0.354 e. The third-order valence-corrected chi connectivity index (χ3v) is 2.87. The van der Waals surface area contributed by atoms with Crippen molar-refractivity contribution in [3.63, 3.8) is 0 Å². The Kier molecular flexibility index (Phi) is 4.63. The molecule has 1 rings (SSSR count). The van der Waals surface area contributed by atoms with Gasteiger partial charge in [0, 0.05) is 6.54 Å². The van der Waals surface area contributed by atoms with Gasteiger partial charge in [0.05, 0.1) is 5.54 Å². The quantitative estimate of drug-likeness (QED) is 0.819. The Bertz CT molecular complexity index is 374. The minimum absolute atomic E-state index is 0.151. The Morgan fingerprint density at radius 1 is 1.41 bits per heavy atom. The van der Waals surface area contributed by atoms with E-state index in [1.807, 2.05) is 6.92 Å². The predicted molar refractivity (Wildman–Crippen MR) is 66.0 cm³/mol. The minimum atomic E-state index is -0.817. The molecule has 1 aromatic rings. The molecule has 17 heavy (non-hydrogen) atoms. The zero-order valence-electron chi connectivity index (χ0n) is 10.3. The van der Waals surface area contributed by atoms with Gasteiger partial charge in [-0.15, -0.1) is 0 Å². The maximum Gasteiger partial charge on any atom is 0.239 e. The second-order valence-electron chi connectivity index (χ2n) is 4.40. The molecule has 0 fully saturated rings. The lowest BCUT2D eigenvalue weighted by molar-refractivity contribution is -0.125. The first-order chi connectivity index (χ1) is 7.95. The molecule has 3 N–H and O–H groups in total. The van der Waals surface area contributed by atoms with E-state index in [1.165, 1.54) is 12.1 Å². The molecular formula is C13H19FN2O. The van der Waals surface area contributed by atoms with Crippen LogP contribution in [0.4, 0.5) is 4.39 Å². The molecule has 1 aromatic carbocycles. The van der Waals surface area contributed by atoms with Crippen LogP contribution in [0.15, 0.2) is 24.3 Å². The molecule has 94 valence electrons. The summed E-state index contributed by atoms with van der Waals surface area (Å²) in [7, 11) is 0. The van der Waals surface area contributed by atoms with Gasteiger partial charge in [0.1, 0.15) is 5.82 Å². The van der Waals surface area contributed by atoms with Crippen molar-refractivity contribution >= 4 is 5.91 Å². The van der Waals surface area contributed by atoms with Crippen molar-refractivity contribution in [3.05, 3.63) is 35.6 Å². The number of carbonyl (C=O) groups excluding carboxylic acids is 1. The van der Waals surface area contributed by atoms with Crippen molar-refractivity contribution in [1.29, 1.82) is 0 Å². The molecule has 0 aliphatic heterocycles. The lowest BCUT2D eigenvalue weighted by atomic mass is 9.99. The lowest BCUT2D eigenvalue weighted by Crippen LogP contribution is -2.51. The first-order valence-electron chi connectivity index (χ1n) is 5.77. The van der Waals surface area contributed by atoms with Gasteiger partial charge in [0.15, 0.2) is 0 Å². The Hall–Kier alpha value is -1.42. The first-order valence-corrected chi connectivity index (χ1v) is 5.77. The summed E-state index contributed by atoms with van der Waals surface area (Å²) in [6.45, 7) is 4.09. The smallest absolute Gasteiger partial charge is 0.239 e. The number of carbonyl (C=O) groups is 1. The van der Waals surface area contributed by atoms with E-state index in [-0.39, 0.29) is 11.7 Å². The van der Waals surface area contributed by atoms with Crippen LogP contribution in [0.2, 0.25) is 0 Å². The zero-order chi connectivity index (χ0) is 12.9. The molecule has 3 nitrogen and oxygen atoms in total. The number of hydrogen-bond acceptors (Lipinski definition) is 2. The van der Waals surface area contributed by atoms with Crippen molar-refractivity contribution in [3.8, 4) is 0 Å². The Balaban J connectivity index is 2.38. The first kappa shape index (κ1) is 13.6. The molecule has 1 unspecified atom stereocenters. The normalized spacial score (nSPS) is 14.1. The van der Waals surface area contributed by atoms with Gasteiger partial charge in [-0.25, -0.2) is 4.39 Å². The highest BCUT2D eigenvalue weighted by molar-refractivity contribution is 5.85. The van der Waals surface area contributed by atoms with E-state index >= 15 is 0 Å². The fourth-order valence-corrected chi connectivity index (χ4v) is 1.33. The van der Waals surface area contributed by atoms with Crippen LogP contribution in [0.1, 0.15) is 25.8 Å². The molecule has 0 bridgehead atoms. The number of amides is 1. The second kappa shape index (κ2) is 5.77. The van der Waals surface area contributed by atoms with Crippen LogP contribution in [0.25, 0.3) is 0 Å². The van der Waals surface area contributed by atoms with Gasteiger partial charge >= 0.3 is 0 Å². The summed E-state index contributed by atoms with van der Waals surface area (Å²) in [5.41, 5.74) is 5.97. The highest BCUT2D eigenvalue weighted by atomic mass is 19.1. The molecule has 0 saturated carbocycles. The third kappa shape index (κ3) is 4.15. The van der Waals surface area contributed by atoms with Crippen LogP contribution in [0.3, 0.4) is 0 Å². The summed E-state index contributed by atoms with van der Waals surface area (Å²) in [6.07, 6.45) is 1.27. The summed E-state index contributed by atoms with van der Waals surface area (Å²) in [5.74, 6) is -0.402. The van der Waals surface area contributed by atoms with Crippen LogP contribution in [0, 0.1) is 5.82 Å². The van der Waals surface area contributed by atoms with E-state index < -0.39 is 5.54 Å². The summed E-state index contributed by atoms with van der Waals surface area (Å²) < 4.78 is 12.7. The SMILES string of the molecule is CCC(C)(N)C(=O)NCCc1ccc(F)cc1. The highest BCUT2D eigenvalue weighted by Crippen LogP contribution is 2.05. The van der Waals surface area contributed by atoms with Gasteiger partial charge in [-0.3, -0.25) is 4.79 Å². The van der Waals surface area contributed by atoms with Crippen molar-refractivity contribution in [2.75, 3.05) is 6.54 Å². The second-order valence-corrected chi connectivity index (χ2v) is 4.40. The summed E-state index contributed by atoms with van der Waals surface area (Å²) in [6, 6.07) is 6.25. The number of halogens is 1. The van der Waals surface area contributed by atoms with E-state index in [1.54, 1.807) is 19.1 Å². The number of benzene rings is 1. The number of nitrogens with one attached hydrogen (secondary N) is 1. The van der Waals surface area contributed by atoms with Crippen molar-refractivity contribution in [2.45, 2.75) is 32.2 Å². The van der Waals surface area contributed by atoms with Crippen molar-refractivity contribution in [1.82, 2.24) is 5.32 Å². The predicted octanol–water partition coefficient (Wildman–Crippen LogP) is 1.61. The van der Waals surface area contributed by atoms with Crippen molar-refractivity contribution < 1.29 is 9.18 Å². The summed E-state index contributed by atoms with van der Waals surface area (Å²) in [5, 5.41) is 2.78. The van der Waals surface area contributed by atoms with Crippen LogP contribution in [-0.4, -0.2) is 18.0 Å². The highest BCUT2D eigenvalue weighted by Gasteiger charge is 2.25. The molecule has 1 amide bonds. The van der Waals surface area contributed by atoms with Crippen LogP contribution < -0.4 is 11.1 Å². The number of nitrogens with two attached hydrogens (primary N) is 1. The zero-order valence-corrected chi connectivity index (χ0v) is 10.3. The molecule has 0 aliphatic carbocycles. The Labute approximate surface area is 101 Å². The van der Waals surface area contributed by atoms with Crippen LogP contribution in [0.5, 0.6) is 0 Å². The molecule has 0 heterocycles. The molecule has 0 aromatic heterocycles. The lowest BCUT2D eigenvalue weighted by Gasteiger charge is -2.21. The molecule has 0 saturated heterocycles. The van der Waals surface area contributed by atoms with Crippen LogP contribution in [-0.2, 0) is 11.2 Å². The average molecular weight is 238 g/mol. The molecule has 4 heteroatoms. The van der Waals surface area contributed by atoms with Crippen LogP contribution >= 0.6 is 0 Å². The molecule has 1 atom stereocenters. The topological polar surface area (TPSA) is 55.1 Å². The molecular weight excluding hydrogens is 219 g/mol. The van der Waals surface area contributed by atoms with E-state index in [0.717, 1.165) is 5.56 Å². The maximum atomic E-state index is 12.7. The largest absolute Gasteiger partial charge is 0.354 e. The van der Waals surface area contributed by atoms with Gasteiger partial charge in [0.2, 0.25) is 5.91 Å². The van der Waals surface area contributed by atoms with Gasteiger partial charge in [-0.1, -0.05) is 19.1 Å². The van der Waals surface area contributed by atoms with E-state index in [9.17, 15) is 9.18 Å².